The first-order chi connectivity index (χ1) is 16.2. The second-order valence-electron chi connectivity index (χ2n) is 7.85. The Morgan fingerprint density at radius 3 is 1.70 bits per heavy atom. The predicted molar refractivity (Wildman–Crippen MR) is 126 cm³/mol. The third-order valence-corrected chi connectivity index (χ3v) is 6.30. The topological polar surface area (TPSA) is 99.6 Å². The van der Waals surface area contributed by atoms with Crippen LogP contribution in [0, 0.1) is 45.3 Å². The Labute approximate surface area is 187 Å². The van der Waals surface area contributed by atoms with Crippen molar-refractivity contribution in [3.63, 3.8) is 0 Å². The molecule has 0 radical (unpaired) electrons. The van der Waals surface area contributed by atoms with E-state index in [1.54, 1.807) is 0 Å². The summed E-state index contributed by atoms with van der Waals surface area (Å²) in [6, 6.07) is 28.3. The van der Waals surface area contributed by atoms with Gasteiger partial charge in [-0.2, -0.15) is 21.0 Å². The van der Waals surface area contributed by atoms with Crippen LogP contribution in [0.5, 0.6) is 0 Å². The van der Waals surface area contributed by atoms with Crippen molar-refractivity contribution in [2.24, 2.45) is 0 Å². The van der Waals surface area contributed by atoms with Crippen LogP contribution >= 0.6 is 0 Å². The van der Waals surface area contributed by atoms with Gasteiger partial charge in [-0.1, -0.05) is 48.5 Å². The van der Waals surface area contributed by atoms with E-state index in [9.17, 15) is 21.0 Å². The minimum absolute atomic E-state index is 0.0606. The molecule has 5 heteroatoms. The number of benzene rings is 4. The van der Waals surface area contributed by atoms with Gasteiger partial charge in [0.05, 0.1) is 33.3 Å². The molecule has 6 aromatic rings. The molecule has 0 atom stereocenters. The number of nitriles is 4. The van der Waals surface area contributed by atoms with E-state index in [0.29, 0.717) is 10.9 Å². The Bertz CT molecular complexity index is 2020. The molecule has 0 saturated carbocycles. The van der Waals surface area contributed by atoms with Crippen molar-refractivity contribution in [2.75, 3.05) is 0 Å². The second-order valence-corrected chi connectivity index (χ2v) is 7.85. The van der Waals surface area contributed by atoms with Crippen molar-refractivity contribution in [2.45, 2.75) is 0 Å². The van der Waals surface area contributed by atoms with Crippen molar-refractivity contribution in [3.05, 3.63) is 89.1 Å². The van der Waals surface area contributed by atoms with Gasteiger partial charge in [0.1, 0.15) is 24.3 Å². The SMILES string of the molecule is N#Cc1c(C#N)c(C#N)c2c(c1C#N)c1cc3ccccc3cc1c1c3ccccc3cn21. The maximum atomic E-state index is 10.1. The van der Waals surface area contributed by atoms with Crippen molar-refractivity contribution >= 4 is 48.7 Å². The highest BCUT2D eigenvalue weighted by molar-refractivity contribution is 6.24. The van der Waals surface area contributed by atoms with Crippen LogP contribution in [-0.2, 0) is 0 Å². The smallest absolute Gasteiger partial charge is 0.103 e. The van der Waals surface area contributed by atoms with E-state index in [1.165, 1.54) is 0 Å². The second kappa shape index (κ2) is 6.57. The molecule has 0 aliphatic carbocycles. The number of nitrogens with zero attached hydrogens (tertiary/aromatic N) is 5. The lowest BCUT2D eigenvalue weighted by atomic mass is 9.89. The van der Waals surface area contributed by atoms with Crippen molar-refractivity contribution in [3.8, 4) is 24.3 Å². The zero-order valence-corrected chi connectivity index (χ0v) is 17.1. The van der Waals surface area contributed by atoms with Crippen molar-refractivity contribution in [1.82, 2.24) is 4.40 Å². The summed E-state index contributed by atoms with van der Waals surface area (Å²) in [5.74, 6) is 0. The van der Waals surface area contributed by atoms with Gasteiger partial charge in [-0.3, -0.25) is 0 Å². The van der Waals surface area contributed by atoms with Gasteiger partial charge in [0, 0.05) is 27.7 Å². The van der Waals surface area contributed by atoms with Gasteiger partial charge in [0.2, 0.25) is 0 Å². The number of hydrogen-bond donors (Lipinski definition) is 0. The Morgan fingerprint density at radius 1 is 0.515 bits per heavy atom. The van der Waals surface area contributed by atoms with E-state index in [0.717, 1.165) is 37.8 Å². The molecule has 0 aliphatic heterocycles. The molecule has 0 fully saturated rings. The highest BCUT2D eigenvalue weighted by atomic mass is 14.9. The highest BCUT2D eigenvalue weighted by Crippen LogP contribution is 2.41. The van der Waals surface area contributed by atoms with Crippen molar-refractivity contribution < 1.29 is 0 Å². The van der Waals surface area contributed by atoms with Crippen LogP contribution in [0.1, 0.15) is 22.3 Å². The Kier molecular flexibility index (Phi) is 3.66. The first kappa shape index (κ1) is 18.4. The minimum Gasteiger partial charge on any atom is -0.313 e. The average molecular weight is 417 g/mol. The molecule has 0 N–H and O–H groups in total. The Morgan fingerprint density at radius 2 is 1.06 bits per heavy atom. The van der Waals surface area contributed by atoms with E-state index < -0.39 is 0 Å². The van der Waals surface area contributed by atoms with Crippen LogP contribution in [0.4, 0.5) is 0 Å². The number of hydrogen-bond acceptors (Lipinski definition) is 4. The summed E-state index contributed by atoms with van der Waals surface area (Å²) in [6.45, 7) is 0. The summed E-state index contributed by atoms with van der Waals surface area (Å²) in [5, 5.41) is 46.1. The fourth-order valence-corrected chi connectivity index (χ4v) is 4.94. The molecule has 0 unspecified atom stereocenters. The standard InChI is InChI=1S/C28H11N5/c29-11-22-23(12-30)25(14-32)28-26(24(22)13-31)20-9-16-5-1-2-6-17(16)10-21(20)27-19-8-4-3-7-18(19)15-33(27)28/h1-10,15H. The third-order valence-electron chi connectivity index (χ3n) is 6.30. The number of fused-ring (bicyclic) bond motifs is 9. The van der Waals surface area contributed by atoms with Crippen molar-refractivity contribution in [1.29, 1.82) is 21.0 Å². The van der Waals surface area contributed by atoms with E-state index in [-0.39, 0.29) is 22.3 Å². The minimum atomic E-state index is -0.0664. The van der Waals surface area contributed by atoms with Crippen LogP contribution in [0.3, 0.4) is 0 Å². The largest absolute Gasteiger partial charge is 0.313 e. The summed E-state index contributed by atoms with van der Waals surface area (Å²) in [5.41, 5.74) is 1.45. The van der Waals surface area contributed by atoms with Crippen LogP contribution in [0.25, 0.3) is 48.7 Å². The maximum absolute atomic E-state index is 10.1. The first-order valence-corrected chi connectivity index (χ1v) is 10.2. The Balaban J connectivity index is 2.11. The monoisotopic (exact) mass is 417 g/mol. The molecule has 0 amide bonds. The van der Waals surface area contributed by atoms with Gasteiger partial charge in [0.25, 0.3) is 0 Å². The lowest BCUT2D eigenvalue weighted by molar-refractivity contribution is 1.27. The van der Waals surface area contributed by atoms with Gasteiger partial charge in [0.15, 0.2) is 0 Å². The molecule has 0 aliphatic rings. The lowest BCUT2D eigenvalue weighted by Crippen LogP contribution is -2.02. The van der Waals surface area contributed by atoms with Crippen LogP contribution in [-0.4, -0.2) is 4.40 Å². The molecule has 0 spiro atoms. The summed E-state index contributed by atoms with van der Waals surface area (Å²) >= 11 is 0. The molecule has 2 aromatic heterocycles. The van der Waals surface area contributed by atoms with Gasteiger partial charge in [-0.15, -0.1) is 0 Å². The molecule has 4 aromatic carbocycles. The van der Waals surface area contributed by atoms with Gasteiger partial charge in [-0.05, 0) is 28.3 Å². The molecular weight excluding hydrogens is 406 g/mol. The maximum Gasteiger partial charge on any atom is 0.103 e. The normalized spacial score (nSPS) is 10.9. The van der Waals surface area contributed by atoms with Gasteiger partial charge in [-0.25, -0.2) is 0 Å². The van der Waals surface area contributed by atoms with Gasteiger partial charge < -0.3 is 4.40 Å². The third kappa shape index (κ3) is 2.26. The Hall–Kier alpha value is -5.36. The van der Waals surface area contributed by atoms with E-state index >= 15 is 0 Å². The predicted octanol–water partition coefficient (Wildman–Crippen LogP) is 6.04. The summed E-state index contributed by atoms with van der Waals surface area (Å²) in [4.78, 5) is 0. The summed E-state index contributed by atoms with van der Waals surface area (Å²) in [6.07, 6.45) is 1.93. The first-order valence-electron chi connectivity index (χ1n) is 10.2. The number of rotatable bonds is 0. The molecule has 0 bridgehead atoms. The molecular formula is C28H11N5. The molecule has 0 saturated heterocycles. The quantitative estimate of drug-likeness (QED) is 0.222. The number of pyridine rings is 1. The number of aromatic nitrogens is 1. The van der Waals surface area contributed by atoms with E-state index in [4.69, 9.17) is 0 Å². The highest BCUT2D eigenvalue weighted by Gasteiger charge is 2.25. The van der Waals surface area contributed by atoms with Gasteiger partial charge >= 0.3 is 0 Å². The lowest BCUT2D eigenvalue weighted by Gasteiger charge is -2.15. The molecule has 2 heterocycles. The van der Waals surface area contributed by atoms with Crippen LogP contribution in [0.2, 0.25) is 0 Å². The van der Waals surface area contributed by atoms with E-state index in [1.807, 2.05) is 77.3 Å². The molecule has 33 heavy (non-hydrogen) atoms. The molecule has 6 rings (SSSR count). The van der Waals surface area contributed by atoms with Crippen LogP contribution < -0.4 is 0 Å². The van der Waals surface area contributed by atoms with Crippen LogP contribution in [0.15, 0.2) is 66.9 Å². The molecule has 5 nitrogen and oxygen atoms in total. The zero-order chi connectivity index (χ0) is 22.7. The average Bonchev–Trinajstić information content (AvgIpc) is 3.25. The fourth-order valence-electron chi connectivity index (χ4n) is 4.94. The molecule has 148 valence electrons. The van der Waals surface area contributed by atoms with E-state index in [2.05, 4.69) is 18.2 Å². The zero-order valence-electron chi connectivity index (χ0n) is 17.1. The fraction of sp³-hybridized carbons (Fsp3) is 0. The summed E-state index contributed by atoms with van der Waals surface area (Å²) in [7, 11) is 0. The summed E-state index contributed by atoms with van der Waals surface area (Å²) < 4.78 is 1.90.